The lowest BCUT2D eigenvalue weighted by Crippen LogP contribution is -2.38. The quantitative estimate of drug-likeness (QED) is 0.867. The molecule has 0 amide bonds. The topological polar surface area (TPSA) is 15.3 Å². The number of piperidine rings is 1. The summed E-state index contributed by atoms with van der Waals surface area (Å²) < 4.78 is 0. The van der Waals surface area contributed by atoms with Crippen molar-refractivity contribution in [2.45, 2.75) is 26.3 Å². The summed E-state index contributed by atoms with van der Waals surface area (Å²) >= 11 is 1.90. The summed E-state index contributed by atoms with van der Waals surface area (Å²) in [6.07, 6.45) is 2.75. The fourth-order valence-corrected chi connectivity index (χ4v) is 3.47. The Labute approximate surface area is 103 Å². The molecule has 0 aliphatic carbocycles. The fraction of sp³-hybridized carbons (Fsp3) is 0.692. The Hall–Kier alpha value is -0.380. The van der Waals surface area contributed by atoms with Crippen LogP contribution in [-0.4, -0.2) is 31.6 Å². The molecule has 2 heterocycles. The van der Waals surface area contributed by atoms with Crippen molar-refractivity contribution in [1.82, 2.24) is 10.2 Å². The van der Waals surface area contributed by atoms with E-state index >= 15 is 0 Å². The third-order valence-corrected chi connectivity index (χ3v) is 4.44. The first-order valence-electron chi connectivity index (χ1n) is 6.19. The fourth-order valence-electron chi connectivity index (χ4n) is 2.52. The Balaban J connectivity index is 1.88. The minimum absolute atomic E-state index is 0.846. The van der Waals surface area contributed by atoms with Crippen molar-refractivity contribution in [2.75, 3.05) is 26.7 Å². The van der Waals surface area contributed by atoms with E-state index in [1.54, 1.807) is 4.88 Å². The van der Waals surface area contributed by atoms with E-state index in [9.17, 15) is 0 Å². The van der Waals surface area contributed by atoms with Crippen molar-refractivity contribution in [3.63, 3.8) is 0 Å². The number of hydrogen-bond acceptors (Lipinski definition) is 3. The molecule has 1 aliphatic rings. The standard InChI is InChI=1S/C13H22N2S/c1-11-5-7-16-13(11)10-15-6-3-4-12(9-15)8-14-2/h5,7,12,14H,3-4,6,8-10H2,1-2H3. The minimum atomic E-state index is 0.846. The molecule has 1 unspecified atom stereocenters. The van der Waals surface area contributed by atoms with E-state index in [0.717, 1.165) is 12.5 Å². The number of thiophene rings is 1. The zero-order valence-corrected chi connectivity index (χ0v) is 11.1. The summed E-state index contributed by atoms with van der Waals surface area (Å²) in [6.45, 7) is 7.08. The van der Waals surface area contributed by atoms with Crippen LogP contribution >= 0.6 is 11.3 Å². The van der Waals surface area contributed by atoms with Crippen LogP contribution in [0.15, 0.2) is 11.4 Å². The van der Waals surface area contributed by atoms with Crippen molar-refractivity contribution in [3.05, 3.63) is 21.9 Å². The average molecular weight is 238 g/mol. The molecule has 1 aromatic rings. The van der Waals surface area contributed by atoms with Crippen LogP contribution in [0, 0.1) is 12.8 Å². The monoisotopic (exact) mass is 238 g/mol. The van der Waals surface area contributed by atoms with Gasteiger partial charge < -0.3 is 5.32 Å². The summed E-state index contributed by atoms with van der Waals surface area (Å²) in [7, 11) is 2.06. The van der Waals surface area contributed by atoms with Crippen LogP contribution in [0.1, 0.15) is 23.3 Å². The Bertz CT molecular complexity index is 319. The predicted octanol–water partition coefficient (Wildman–Crippen LogP) is 2.49. The molecule has 2 rings (SSSR count). The van der Waals surface area contributed by atoms with Gasteiger partial charge in [0.1, 0.15) is 0 Å². The molecule has 0 bridgehead atoms. The van der Waals surface area contributed by atoms with Crippen LogP contribution < -0.4 is 5.32 Å². The maximum Gasteiger partial charge on any atom is 0.0330 e. The summed E-state index contributed by atoms with van der Waals surface area (Å²) in [5.74, 6) is 0.846. The second-order valence-corrected chi connectivity index (χ2v) is 5.83. The summed E-state index contributed by atoms with van der Waals surface area (Å²) in [5.41, 5.74) is 1.46. The van der Waals surface area contributed by atoms with Gasteiger partial charge >= 0.3 is 0 Å². The highest BCUT2D eigenvalue weighted by atomic mass is 32.1. The maximum absolute atomic E-state index is 3.30. The molecule has 1 aromatic heterocycles. The van der Waals surface area contributed by atoms with Gasteiger partial charge in [-0.25, -0.2) is 0 Å². The molecular weight excluding hydrogens is 216 g/mol. The smallest absolute Gasteiger partial charge is 0.0330 e. The molecule has 1 aliphatic heterocycles. The van der Waals surface area contributed by atoms with Gasteiger partial charge in [0.25, 0.3) is 0 Å². The summed E-state index contributed by atoms with van der Waals surface area (Å²) in [6, 6.07) is 2.23. The van der Waals surface area contributed by atoms with Crippen molar-refractivity contribution in [2.24, 2.45) is 5.92 Å². The molecule has 0 radical (unpaired) electrons. The number of nitrogens with one attached hydrogen (secondary N) is 1. The molecule has 1 atom stereocenters. The van der Waals surface area contributed by atoms with Crippen LogP contribution in [0.25, 0.3) is 0 Å². The van der Waals surface area contributed by atoms with Crippen LogP contribution in [0.4, 0.5) is 0 Å². The second-order valence-electron chi connectivity index (χ2n) is 4.83. The van der Waals surface area contributed by atoms with Gasteiger partial charge in [-0.3, -0.25) is 4.90 Å². The first-order valence-corrected chi connectivity index (χ1v) is 7.07. The van der Waals surface area contributed by atoms with E-state index < -0.39 is 0 Å². The molecule has 1 saturated heterocycles. The van der Waals surface area contributed by atoms with Crippen LogP contribution in [0.3, 0.4) is 0 Å². The molecule has 1 fully saturated rings. The van der Waals surface area contributed by atoms with Crippen molar-refractivity contribution in [1.29, 1.82) is 0 Å². The van der Waals surface area contributed by atoms with E-state index in [2.05, 4.69) is 35.6 Å². The Morgan fingerprint density at radius 1 is 1.56 bits per heavy atom. The van der Waals surface area contributed by atoms with Gasteiger partial charge in [-0.1, -0.05) is 0 Å². The van der Waals surface area contributed by atoms with Gasteiger partial charge in [0.2, 0.25) is 0 Å². The third kappa shape index (κ3) is 3.06. The van der Waals surface area contributed by atoms with E-state index in [-0.39, 0.29) is 0 Å². The first kappa shape index (κ1) is 12.1. The lowest BCUT2D eigenvalue weighted by atomic mass is 9.98. The van der Waals surface area contributed by atoms with E-state index in [1.807, 2.05) is 11.3 Å². The molecule has 0 spiro atoms. The maximum atomic E-state index is 3.30. The third-order valence-electron chi connectivity index (χ3n) is 3.43. The van der Waals surface area contributed by atoms with Crippen molar-refractivity contribution < 1.29 is 0 Å². The normalized spacial score (nSPS) is 22.5. The van der Waals surface area contributed by atoms with Crippen LogP contribution in [-0.2, 0) is 6.54 Å². The first-order chi connectivity index (χ1) is 7.79. The number of rotatable bonds is 4. The van der Waals surface area contributed by atoms with Gasteiger partial charge in [0.15, 0.2) is 0 Å². The molecule has 2 nitrogen and oxygen atoms in total. The highest BCUT2D eigenvalue weighted by Gasteiger charge is 2.19. The number of hydrogen-bond donors (Lipinski definition) is 1. The molecule has 1 N–H and O–H groups in total. The van der Waals surface area contributed by atoms with E-state index in [4.69, 9.17) is 0 Å². The minimum Gasteiger partial charge on any atom is -0.319 e. The van der Waals surface area contributed by atoms with E-state index in [1.165, 1.54) is 38.0 Å². The zero-order valence-electron chi connectivity index (χ0n) is 10.3. The Morgan fingerprint density at radius 3 is 3.12 bits per heavy atom. The summed E-state index contributed by atoms with van der Waals surface area (Å²) in [5, 5.41) is 5.51. The van der Waals surface area contributed by atoms with Gasteiger partial charge in [-0.15, -0.1) is 11.3 Å². The Kier molecular flexibility index (Phi) is 4.38. The predicted molar refractivity (Wildman–Crippen MR) is 71.0 cm³/mol. The largest absolute Gasteiger partial charge is 0.319 e. The Morgan fingerprint density at radius 2 is 2.44 bits per heavy atom. The highest BCUT2D eigenvalue weighted by Crippen LogP contribution is 2.22. The average Bonchev–Trinajstić information content (AvgIpc) is 2.66. The second kappa shape index (κ2) is 5.80. The number of likely N-dealkylation sites (tertiary alicyclic amines) is 1. The zero-order chi connectivity index (χ0) is 11.4. The van der Waals surface area contributed by atoms with Crippen molar-refractivity contribution in [3.8, 4) is 0 Å². The molecule has 3 heteroatoms. The van der Waals surface area contributed by atoms with E-state index in [0.29, 0.717) is 0 Å². The van der Waals surface area contributed by atoms with Crippen LogP contribution in [0.2, 0.25) is 0 Å². The molecule has 16 heavy (non-hydrogen) atoms. The van der Waals surface area contributed by atoms with Gasteiger partial charge in [0, 0.05) is 18.0 Å². The lowest BCUT2D eigenvalue weighted by molar-refractivity contribution is 0.168. The SMILES string of the molecule is CNCC1CCCN(Cc2sccc2C)C1. The highest BCUT2D eigenvalue weighted by molar-refractivity contribution is 7.10. The number of nitrogens with zero attached hydrogens (tertiary/aromatic N) is 1. The van der Waals surface area contributed by atoms with Crippen LogP contribution in [0.5, 0.6) is 0 Å². The molecular formula is C13H22N2S. The molecule has 90 valence electrons. The summed E-state index contributed by atoms with van der Waals surface area (Å²) in [4.78, 5) is 4.16. The van der Waals surface area contributed by atoms with Gasteiger partial charge in [-0.05, 0) is 62.8 Å². The lowest BCUT2D eigenvalue weighted by Gasteiger charge is -2.32. The van der Waals surface area contributed by atoms with Gasteiger partial charge in [0.05, 0.1) is 0 Å². The molecule has 0 saturated carbocycles. The van der Waals surface area contributed by atoms with Crippen molar-refractivity contribution >= 4 is 11.3 Å². The number of aryl methyl sites for hydroxylation is 1. The molecule has 0 aromatic carbocycles. The van der Waals surface area contributed by atoms with Gasteiger partial charge in [-0.2, -0.15) is 0 Å².